The molecule has 0 atom stereocenters. The van der Waals surface area contributed by atoms with Crippen molar-refractivity contribution in [2.75, 3.05) is 5.32 Å². The van der Waals surface area contributed by atoms with E-state index in [1.165, 1.54) is 0 Å². The number of hydrogen-bond donors (Lipinski definition) is 2. The van der Waals surface area contributed by atoms with Crippen molar-refractivity contribution in [1.29, 1.82) is 0 Å². The van der Waals surface area contributed by atoms with Gasteiger partial charge in [0.2, 0.25) is 5.95 Å². The van der Waals surface area contributed by atoms with Crippen LogP contribution in [0.25, 0.3) is 11.0 Å². The van der Waals surface area contributed by atoms with E-state index in [9.17, 15) is 0 Å². The van der Waals surface area contributed by atoms with Gasteiger partial charge in [-0.1, -0.05) is 11.6 Å². The van der Waals surface area contributed by atoms with Gasteiger partial charge < -0.3 is 10.3 Å². The molecule has 0 bridgehead atoms. The largest absolute Gasteiger partial charge is 0.324 e. The highest BCUT2D eigenvalue weighted by Crippen LogP contribution is 2.20. The van der Waals surface area contributed by atoms with Gasteiger partial charge in [-0.2, -0.15) is 0 Å². The minimum absolute atomic E-state index is 0.658. The van der Waals surface area contributed by atoms with Crippen LogP contribution in [0.5, 0.6) is 0 Å². The average molecular weight is 259 g/mol. The molecule has 3 aromatic rings. The Balaban J connectivity index is 1.95. The summed E-state index contributed by atoms with van der Waals surface area (Å²) in [6, 6.07) is 9.45. The summed E-state index contributed by atoms with van der Waals surface area (Å²) >= 11 is 5.93. The monoisotopic (exact) mass is 258 g/mol. The van der Waals surface area contributed by atoms with Gasteiger partial charge in [-0.05, 0) is 42.8 Å². The summed E-state index contributed by atoms with van der Waals surface area (Å²) in [5.74, 6) is 1.42. The predicted molar refractivity (Wildman–Crippen MR) is 73.4 cm³/mol. The van der Waals surface area contributed by atoms with Gasteiger partial charge in [-0.15, -0.1) is 0 Å². The maximum absolute atomic E-state index is 5.93. The Morgan fingerprint density at radius 3 is 2.94 bits per heavy atom. The van der Waals surface area contributed by atoms with Crippen LogP contribution in [0.15, 0.2) is 36.5 Å². The molecule has 2 heterocycles. The van der Waals surface area contributed by atoms with Crippen LogP contribution in [0.4, 0.5) is 11.8 Å². The maximum Gasteiger partial charge on any atom is 0.206 e. The molecule has 4 nitrogen and oxygen atoms in total. The van der Waals surface area contributed by atoms with Gasteiger partial charge in [0.25, 0.3) is 0 Å². The first-order valence-electron chi connectivity index (χ1n) is 5.56. The third-order valence-electron chi connectivity index (χ3n) is 2.61. The van der Waals surface area contributed by atoms with Crippen LogP contribution in [0.3, 0.4) is 0 Å². The number of nitrogens with one attached hydrogen (secondary N) is 2. The van der Waals surface area contributed by atoms with E-state index >= 15 is 0 Å². The van der Waals surface area contributed by atoms with Gasteiger partial charge in [0.05, 0.1) is 11.0 Å². The van der Waals surface area contributed by atoms with Crippen molar-refractivity contribution in [3.63, 3.8) is 0 Å². The van der Waals surface area contributed by atoms with Gasteiger partial charge in [-0.25, -0.2) is 9.97 Å². The summed E-state index contributed by atoms with van der Waals surface area (Å²) in [4.78, 5) is 11.8. The smallest absolute Gasteiger partial charge is 0.206 e. The van der Waals surface area contributed by atoms with E-state index in [-0.39, 0.29) is 0 Å². The number of rotatable bonds is 2. The maximum atomic E-state index is 5.93. The molecule has 2 aromatic heterocycles. The Labute approximate surface area is 109 Å². The molecule has 18 heavy (non-hydrogen) atoms. The van der Waals surface area contributed by atoms with E-state index in [4.69, 9.17) is 11.6 Å². The minimum atomic E-state index is 0.658. The molecule has 1 aromatic carbocycles. The minimum Gasteiger partial charge on any atom is -0.324 e. The summed E-state index contributed by atoms with van der Waals surface area (Å²) in [5.41, 5.74) is 2.92. The highest BCUT2D eigenvalue weighted by atomic mass is 35.5. The highest BCUT2D eigenvalue weighted by molar-refractivity contribution is 6.31. The van der Waals surface area contributed by atoms with Crippen molar-refractivity contribution in [1.82, 2.24) is 15.0 Å². The fourth-order valence-corrected chi connectivity index (χ4v) is 1.94. The molecule has 5 heteroatoms. The van der Waals surface area contributed by atoms with Gasteiger partial charge in [0.1, 0.15) is 5.82 Å². The first-order chi connectivity index (χ1) is 8.70. The van der Waals surface area contributed by atoms with Crippen LogP contribution < -0.4 is 5.32 Å². The molecule has 0 amide bonds. The molecule has 0 unspecified atom stereocenters. The van der Waals surface area contributed by atoms with E-state index in [2.05, 4.69) is 20.3 Å². The molecule has 2 N–H and O–H groups in total. The Kier molecular flexibility index (Phi) is 2.64. The van der Waals surface area contributed by atoms with Crippen LogP contribution >= 0.6 is 11.6 Å². The SMILES string of the molecule is Cc1ccnc(Nc2nc3ccc(Cl)cc3[nH]2)c1. The number of anilines is 2. The van der Waals surface area contributed by atoms with Crippen LogP contribution in [0.1, 0.15) is 5.56 Å². The summed E-state index contributed by atoms with van der Waals surface area (Å²) < 4.78 is 0. The number of H-pyrrole nitrogens is 1. The molecular weight excluding hydrogens is 248 g/mol. The zero-order valence-electron chi connectivity index (χ0n) is 9.74. The number of halogens is 1. The predicted octanol–water partition coefficient (Wildman–Crippen LogP) is 3.66. The van der Waals surface area contributed by atoms with Crippen LogP contribution in [0.2, 0.25) is 5.02 Å². The first kappa shape index (κ1) is 11.0. The number of benzene rings is 1. The standard InChI is InChI=1S/C13H11ClN4/c1-8-4-5-15-12(6-8)18-13-16-10-3-2-9(14)7-11(10)17-13/h2-7H,1H3,(H2,15,16,17,18). The van der Waals surface area contributed by atoms with Gasteiger partial charge >= 0.3 is 0 Å². The van der Waals surface area contributed by atoms with Crippen LogP contribution in [-0.2, 0) is 0 Å². The Morgan fingerprint density at radius 2 is 2.11 bits per heavy atom. The van der Waals surface area contributed by atoms with Crippen molar-refractivity contribution in [3.05, 3.63) is 47.1 Å². The lowest BCUT2D eigenvalue weighted by atomic mass is 10.3. The second-order valence-corrected chi connectivity index (χ2v) is 4.53. The molecule has 0 aliphatic heterocycles. The van der Waals surface area contributed by atoms with Crippen LogP contribution in [-0.4, -0.2) is 15.0 Å². The fraction of sp³-hybridized carbons (Fsp3) is 0.0769. The van der Waals surface area contributed by atoms with E-state index in [0.717, 1.165) is 22.4 Å². The molecular formula is C13H11ClN4. The molecule has 3 rings (SSSR count). The number of imidazole rings is 1. The summed E-state index contributed by atoms with van der Waals surface area (Å²) in [5, 5.41) is 3.82. The molecule has 90 valence electrons. The normalized spacial score (nSPS) is 10.8. The molecule has 0 aliphatic carbocycles. The van der Waals surface area contributed by atoms with E-state index < -0.39 is 0 Å². The summed E-state index contributed by atoms with van der Waals surface area (Å²) in [6.07, 6.45) is 1.76. The molecule has 0 spiro atoms. The van der Waals surface area contributed by atoms with Crippen LogP contribution in [0, 0.1) is 6.92 Å². The van der Waals surface area contributed by atoms with Gasteiger partial charge in [0.15, 0.2) is 0 Å². The topological polar surface area (TPSA) is 53.6 Å². The second-order valence-electron chi connectivity index (χ2n) is 4.09. The Bertz CT molecular complexity index is 705. The first-order valence-corrected chi connectivity index (χ1v) is 5.93. The Morgan fingerprint density at radius 1 is 1.22 bits per heavy atom. The van der Waals surface area contributed by atoms with E-state index in [1.54, 1.807) is 6.20 Å². The van der Waals surface area contributed by atoms with Gasteiger partial charge in [0, 0.05) is 11.2 Å². The van der Waals surface area contributed by atoms with Gasteiger partial charge in [-0.3, -0.25) is 0 Å². The Hall–Kier alpha value is -2.07. The molecule has 0 saturated heterocycles. The molecule has 0 aliphatic rings. The van der Waals surface area contributed by atoms with Crippen molar-refractivity contribution in [3.8, 4) is 0 Å². The molecule has 0 radical (unpaired) electrons. The van der Waals surface area contributed by atoms with Crippen molar-refractivity contribution >= 4 is 34.4 Å². The number of hydrogen-bond acceptors (Lipinski definition) is 3. The zero-order chi connectivity index (χ0) is 12.5. The number of aromatic amines is 1. The lowest BCUT2D eigenvalue weighted by Crippen LogP contribution is -1.94. The van der Waals surface area contributed by atoms with E-state index in [0.29, 0.717) is 11.0 Å². The lowest BCUT2D eigenvalue weighted by molar-refractivity contribution is 1.23. The highest BCUT2D eigenvalue weighted by Gasteiger charge is 2.04. The van der Waals surface area contributed by atoms with Crippen molar-refractivity contribution in [2.24, 2.45) is 0 Å². The van der Waals surface area contributed by atoms with Crippen molar-refractivity contribution in [2.45, 2.75) is 6.92 Å². The van der Waals surface area contributed by atoms with Crippen molar-refractivity contribution < 1.29 is 0 Å². The quantitative estimate of drug-likeness (QED) is 0.737. The summed E-state index contributed by atoms with van der Waals surface area (Å²) in [7, 11) is 0. The number of aromatic nitrogens is 3. The zero-order valence-corrected chi connectivity index (χ0v) is 10.5. The summed E-state index contributed by atoms with van der Waals surface area (Å²) in [6.45, 7) is 2.02. The number of nitrogens with zero attached hydrogens (tertiary/aromatic N) is 2. The third kappa shape index (κ3) is 2.15. The fourth-order valence-electron chi connectivity index (χ4n) is 1.77. The third-order valence-corrected chi connectivity index (χ3v) is 2.84. The van der Waals surface area contributed by atoms with E-state index in [1.807, 2.05) is 37.3 Å². The average Bonchev–Trinajstić information content (AvgIpc) is 2.70. The number of fused-ring (bicyclic) bond motifs is 1. The number of aryl methyl sites for hydroxylation is 1. The number of pyridine rings is 1. The molecule has 0 saturated carbocycles. The lowest BCUT2D eigenvalue weighted by Gasteiger charge is -2.01. The second kappa shape index (κ2) is 4.31. The molecule has 0 fully saturated rings.